The zero-order chi connectivity index (χ0) is 18.7. The average molecular weight is 378 g/mol. The molecule has 0 bridgehead atoms. The molecule has 1 fully saturated rings. The molecule has 0 aromatic heterocycles. The summed E-state index contributed by atoms with van der Waals surface area (Å²) < 4.78 is 19.3. The summed E-state index contributed by atoms with van der Waals surface area (Å²) in [4.78, 5) is 23.3. The molecule has 2 aromatic carbocycles. The number of carbonyl (C=O) groups excluding carboxylic acids is 1. The van der Waals surface area contributed by atoms with Gasteiger partial charge in [0, 0.05) is 12.3 Å². The van der Waals surface area contributed by atoms with Crippen molar-refractivity contribution in [1.29, 1.82) is 0 Å². The summed E-state index contributed by atoms with van der Waals surface area (Å²) in [6, 6.07) is 11.0. The fourth-order valence-electron chi connectivity index (χ4n) is 2.99. The normalized spacial score (nSPS) is 19.3. The van der Waals surface area contributed by atoms with Crippen molar-refractivity contribution in [1.82, 2.24) is 0 Å². The van der Waals surface area contributed by atoms with E-state index in [2.05, 4.69) is 5.32 Å². The van der Waals surface area contributed by atoms with Crippen molar-refractivity contribution >= 4 is 29.2 Å². The molecule has 0 saturated carbocycles. The first-order valence-corrected chi connectivity index (χ1v) is 8.50. The zero-order valence-electron chi connectivity index (χ0n) is 13.7. The van der Waals surface area contributed by atoms with Crippen LogP contribution in [0.4, 0.5) is 10.1 Å². The number of amides is 1. The summed E-state index contributed by atoms with van der Waals surface area (Å²) in [6.45, 7) is 0.407. The van der Waals surface area contributed by atoms with Crippen LogP contribution in [-0.2, 0) is 20.7 Å². The molecule has 0 radical (unpaired) electrons. The summed E-state index contributed by atoms with van der Waals surface area (Å²) in [5.41, 5.74) is 1.78. The van der Waals surface area contributed by atoms with E-state index >= 15 is 0 Å². The number of anilines is 1. The van der Waals surface area contributed by atoms with Gasteiger partial charge in [-0.05, 0) is 41.8 Å². The summed E-state index contributed by atoms with van der Waals surface area (Å²) in [6.07, 6.45) is -0.0831. The van der Waals surface area contributed by atoms with Crippen molar-refractivity contribution in [2.45, 2.75) is 18.9 Å². The van der Waals surface area contributed by atoms with Crippen LogP contribution < -0.4 is 5.32 Å². The Hall–Kier alpha value is -2.44. The van der Waals surface area contributed by atoms with E-state index in [9.17, 15) is 14.0 Å². The van der Waals surface area contributed by atoms with Gasteiger partial charge in [0.15, 0.2) is 0 Å². The van der Waals surface area contributed by atoms with E-state index in [1.54, 1.807) is 30.3 Å². The minimum atomic E-state index is -0.914. The Morgan fingerprint density at radius 1 is 1.23 bits per heavy atom. The molecule has 1 saturated heterocycles. The molecule has 0 aliphatic carbocycles. The van der Waals surface area contributed by atoms with Gasteiger partial charge in [-0.25, -0.2) is 4.39 Å². The van der Waals surface area contributed by atoms with Gasteiger partial charge in [-0.3, -0.25) is 9.59 Å². The molecule has 1 aliphatic rings. The monoisotopic (exact) mass is 377 g/mol. The standard InChI is InChI=1S/C19H17ClFNO4/c20-15-6-3-12(10-16(15)21)18-14(7-8-26-18)19(25)22-13-4-1-11(2-5-13)9-17(23)24/h1-6,10,14,18H,7-9H2,(H,22,25)(H,23,24)/t14-,18+/m1/s1. The second-order valence-electron chi connectivity index (χ2n) is 6.12. The number of hydrogen-bond acceptors (Lipinski definition) is 3. The first kappa shape index (κ1) is 18.4. The molecule has 0 spiro atoms. The van der Waals surface area contributed by atoms with Crippen molar-refractivity contribution in [3.05, 3.63) is 64.4 Å². The van der Waals surface area contributed by atoms with E-state index < -0.39 is 23.8 Å². The molecular formula is C19H17ClFNO4. The summed E-state index contributed by atoms with van der Waals surface area (Å²) in [5, 5.41) is 11.6. The topological polar surface area (TPSA) is 75.6 Å². The summed E-state index contributed by atoms with van der Waals surface area (Å²) >= 11 is 5.71. The van der Waals surface area contributed by atoms with Crippen LogP contribution in [0.2, 0.25) is 5.02 Å². The summed E-state index contributed by atoms with van der Waals surface area (Å²) in [7, 11) is 0. The zero-order valence-corrected chi connectivity index (χ0v) is 14.5. The lowest BCUT2D eigenvalue weighted by Gasteiger charge is -2.19. The van der Waals surface area contributed by atoms with Crippen LogP contribution in [0.25, 0.3) is 0 Å². The highest BCUT2D eigenvalue weighted by atomic mass is 35.5. The maximum atomic E-state index is 13.7. The molecule has 3 rings (SSSR count). The second kappa shape index (κ2) is 7.85. The van der Waals surface area contributed by atoms with Crippen molar-refractivity contribution in [3.8, 4) is 0 Å². The number of carboxylic acid groups (broad SMARTS) is 1. The Balaban J connectivity index is 1.70. The third-order valence-corrected chi connectivity index (χ3v) is 4.58. The quantitative estimate of drug-likeness (QED) is 0.830. The minimum Gasteiger partial charge on any atom is -0.481 e. The SMILES string of the molecule is O=C(O)Cc1ccc(NC(=O)[C@@H]2CCO[C@H]2c2ccc(Cl)c(F)c2)cc1. The van der Waals surface area contributed by atoms with Crippen LogP contribution in [0.1, 0.15) is 23.7 Å². The molecule has 2 N–H and O–H groups in total. The van der Waals surface area contributed by atoms with Crippen LogP contribution in [-0.4, -0.2) is 23.6 Å². The molecule has 5 nitrogen and oxygen atoms in total. The van der Waals surface area contributed by atoms with Gasteiger partial charge in [0.25, 0.3) is 0 Å². The van der Waals surface area contributed by atoms with Gasteiger partial charge in [0.1, 0.15) is 5.82 Å². The number of carbonyl (C=O) groups is 2. The lowest BCUT2D eigenvalue weighted by atomic mass is 9.94. The Morgan fingerprint density at radius 2 is 1.96 bits per heavy atom. The minimum absolute atomic E-state index is 0.0224. The molecule has 0 unspecified atom stereocenters. The molecule has 26 heavy (non-hydrogen) atoms. The Labute approximate surface area is 154 Å². The van der Waals surface area contributed by atoms with Crippen LogP contribution in [0.3, 0.4) is 0 Å². The highest BCUT2D eigenvalue weighted by Crippen LogP contribution is 2.36. The number of hydrogen-bond donors (Lipinski definition) is 2. The molecule has 7 heteroatoms. The predicted octanol–water partition coefficient (Wildman–Crippen LogP) is 3.82. The average Bonchev–Trinajstić information content (AvgIpc) is 3.08. The first-order chi connectivity index (χ1) is 12.4. The van der Waals surface area contributed by atoms with Crippen LogP contribution in [0.5, 0.6) is 0 Å². The second-order valence-corrected chi connectivity index (χ2v) is 6.52. The molecule has 1 heterocycles. The molecule has 2 aromatic rings. The van der Waals surface area contributed by atoms with Crippen molar-refractivity contribution in [3.63, 3.8) is 0 Å². The van der Waals surface area contributed by atoms with Crippen molar-refractivity contribution < 1.29 is 23.8 Å². The Morgan fingerprint density at radius 3 is 2.62 bits per heavy atom. The maximum Gasteiger partial charge on any atom is 0.307 e. The van der Waals surface area contributed by atoms with E-state index in [0.717, 1.165) is 0 Å². The number of ether oxygens (including phenoxy) is 1. The van der Waals surface area contributed by atoms with Gasteiger partial charge in [-0.15, -0.1) is 0 Å². The van der Waals surface area contributed by atoms with Crippen LogP contribution >= 0.6 is 11.6 Å². The molecule has 1 aliphatic heterocycles. The van der Waals surface area contributed by atoms with Gasteiger partial charge in [-0.1, -0.05) is 29.8 Å². The van der Waals surface area contributed by atoms with Gasteiger partial charge in [0.2, 0.25) is 5.91 Å². The highest BCUT2D eigenvalue weighted by molar-refractivity contribution is 6.30. The van der Waals surface area contributed by atoms with Gasteiger partial charge < -0.3 is 15.2 Å². The number of benzene rings is 2. The van der Waals surface area contributed by atoms with Crippen LogP contribution in [0, 0.1) is 11.7 Å². The fraction of sp³-hybridized carbons (Fsp3) is 0.263. The van der Waals surface area contributed by atoms with Crippen molar-refractivity contribution in [2.24, 2.45) is 5.92 Å². The number of aliphatic carboxylic acids is 1. The van der Waals surface area contributed by atoms with E-state index in [-0.39, 0.29) is 17.4 Å². The van der Waals surface area contributed by atoms with Gasteiger partial charge >= 0.3 is 5.97 Å². The first-order valence-electron chi connectivity index (χ1n) is 8.12. The Bertz CT molecular complexity index is 825. The summed E-state index contributed by atoms with van der Waals surface area (Å²) in [5.74, 6) is -2.14. The molecule has 2 atom stereocenters. The number of halogens is 2. The predicted molar refractivity (Wildman–Crippen MR) is 94.6 cm³/mol. The third-order valence-electron chi connectivity index (χ3n) is 4.28. The van der Waals surface area contributed by atoms with E-state index in [4.69, 9.17) is 21.4 Å². The van der Waals surface area contributed by atoms with Gasteiger partial charge in [-0.2, -0.15) is 0 Å². The smallest absolute Gasteiger partial charge is 0.307 e. The van der Waals surface area contributed by atoms with E-state index in [1.165, 1.54) is 12.1 Å². The van der Waals surface area contributed by atoms with Crippen LogP contribution in [0.15, 0.2) is 42.5 Å². The maximum absolute atomic E-state index is 13.7. The number of rotatable bonds is 5. The molecule has 1 amide bonds. The number of carboxylic acids is 1. The molecular weight excluding hydrogens is 361 g/mol. The molecule has 136 valence electrons. The Kier molecular flexibility index (Phi) is 5.54. The lowest BCUT2D eigenvalue weighted by Crippen LogP contribution is -2.25. The van der Waals surface area contributed by atoms with Crippen molar-refractivity contribution in [2.75, 3.05) is 11.9 Å². The fourth-order valence-corrected chi connectivity index (χ4v) is 3.11. The van der Waals surface area contributed by atoms with E-state index in [0.29, 0.717) is 29.8 Å². The highest BCUT2D eigenvalue weighted by Gasteiger charge is 2.35. The lowest BCUT2D eigenvalue weighted by molar-refractivity contribution is -0.136. The van der Waals surface area contributed by atoms with E-state index in [1.807, 2.05) is 0 Å². The number of nitrogens with one attached hydrogen (secondary N) is 1. The third kappa shape index (κ3) is 4.20. The largest absolute Gasteiger partial charge is 0.481 e. The van der Waals surface area contributed by atoms with Gasteiger partial charge in [0.05, 0.1) is 23.5 Å².